The van der Waals surface area contributed by atoms with Crippen molar-refractivity contribution in [2.75, 3.05) is 7.11 Å². The molecule has 0 spiro atoms. The summed E-state index contributed by atoms with van der Waals surface area (Å²) in [7, 11) is 1.23. The predicted molar refractivity (Wildman–Crippen MR) is 64.2 cm³/mol. The van der Waals surface area contributed by atoms with E-state index in [9.17, 15) is 9.18 Å². The molecule has 1 unspecified atom stereocenters. The Hall–Kier alpha value is -2.06. The highest BCUT2D eigenvalue weighted by Gasteiger charge is 2.05. The zero-order chi connectivity index (χ0) is 13.5. The maximum atomic E-state index is 13.4. The average molecular weight is 251 g/mol. The Morgan fingerprint density at radius 3 is 2.94 bits per heavy atom. The third kappa shape index (κ3) is 4.44. The van der Waals surface area contributed by atoms with Gasteiger partial charge in [-0.05, 0) is 25.1 Å². The van der Waals surface area contributed by atoms with Crippen molar-refractivity contribution in [2.24, 2.45) is 0 Å². The van der Waals surface area contributed by atoms with Crippen molar-refractivity contribution in [3.8, 4) is 11.8 Å². The molecule has 1 aromatic carbocycles. The molecule has 18 heavy (non-hydrogen) atoms. The quantitative estimate of drug-likeness (QED) is 0.781. The molecule has 0 aliphatic carbocycles. The lowest BCUT2D eigenvalue weighted by Gasteiger charge is -2.05. The average Bonchev–Trinajstić information content (AvgIpc) is 2.35. The molecule has 0 saturated heterocycles. The van der Waals surface area contributed by atoms with Gasteiger partial charge in [0.05, 0.1) is 7.11 Å². The molecule has 1 rings (SSSR count). The Balaban J connectivity index is 2.82. The van der Waals surface area contributed by atoms with Crippen LogP contribution in [0.1, 0.15) is 18.1 Å². The number of halogens is 1. The lowest BCUT2D eigenvalue weighted by atomic mass is 10.1. The number of aliphatic hydroxyl groups excluding tert-OH is 1. The first-order valence-corrected chi connectivity index (χ1v) is 5.32. The van der Waals surface area contributed by atoms with E-state index in [1.807, 2.05) is 0 Å². The van der Waals surface area contributed by atoms with Crippen molar-refractivity contribution in [3.63, 3.8) is 0 Å². The van der Waals surface area contributed by atoms with Gasteiger partial charge in [-0.2, -0.15) is 0 Å². The van der Waals surface area contributed by atoms with Crippen LogP contribution in [0.15, 0.2) is 18.2 Å². The number of hydrogen-bond acceptors (Lipinski definition) is 3. The standard InChI is InChI=1S/C13H14FNO3/c1-9(16)3-4-10-5-6-12(14)11(7-10)8-15-13(17)18-2/h5-7,9,16H,8H2,1-2H3,(H,15,17). The van der Waals surface area contributed by atoms with Crippen LogP contribution in [0.25, 0.3) is 0 Å². The van der Waals surface area contributed by atoms with Crippen LogP contribution in [0, 0.1) is 17.7 Å². The van der Waals surface area contributed by atoms with E-state index in [1.54, 1.807) is 0 Å². The van der Waals surface area contributed by atoms with Gasteiger partial charge in [0.15, 0.2) is 0 Å². The number of amides is 1. The highest BCUT2D eigenvalue weighted by atomic mass is 19.1. The summed E-state index contributed by atoms with van der Waals surface area (Å²) in [6, 6.07) is 4.29. The highest BCUT2D eigenvalue weighted by Crippen LogP contribution is 2.10. The molecule has 1 aromatic rings. The Bertz CT molecular complexity index is 489. The summed E-state index contributed by atoms with van der Waals surface area (Å²) in [5.74, 6) is 4.82. The predicted octanol–water partition coefficient (Wildman–Crippen LogP) is 1.41. The molecule has 0 saturated carbocycles. The molecule has 2 N–H and O–H groups in total. The summed E-state index contributed by atoms with van der Waals surface area (Å²) in [6.45, 7) is 1.55. The zero-order valence-corrected chi connectivity index (χ0v) is 10.2. The van der Waals surface area contributed by atoms with E-state index in [2.05, 4.69) is 21.9 Å². The SMILES string of the molecule is COC(=O)NCc1cc(C#CC(C)O)ccc1F. The number of aliphatic hydroxyl groups is 1. The fourth-order valence-corrected chi connectivity index (χ4v) is 1.22. The molecular weight excluding hydrogens is 237 g/mol. The summed E-state index contributed by atoms with van der Waals surface area (Å²) < 4.78 is 17.8. The van der Waals surface area contributed by atoms with Gasteiger partial charge in [0, 0.05) is 17.7 Å². The zero-order valence-electron chi connectivity index (χ0n) is 10.2. The Labute approximate surface area is 105 Å². The Kier molecular flexibility index (Phi) is 5.15. The number of methoxy groups -OCH3 is 1. The summed E-state index contributed by atoms with van der Waals surface area (Å²) in [6.07, 6.45) is -1.37. The van der Waals surface area contributed by atoms with Gasteiger partial charge in [0.1, 0.15) is 11.9 Å². The molecule has 0 bridgehead atoms. The largest absolute Gasteiger partial charge is 0.453 e. The fraction of sp³-hybridized carbons (Fsp3) is 0.308. The van der Waals surface area contributed by atoms with Crippen LogP contribution in [0.4, 0.5) is 9.18 Å². The summed E-state index contributed by atoms with van der Waals surface area (Å²) in [4.78, 5) is 10.9. The van der Waals surface area contributed by atoms with E-state index in [0.717, 1.165) is 0 Å². The monoisotopic (exact) mass is 251 g/mol. The van der Waals surface area contributed by atoms with Crippen LogP contribution in [0.3, 0.4) is 0 Å². The number of hydrogen-bond donors (Lipinski definition) is 2. The minimum atomic E-state index is -0.744. The summed E-state index contributed by atoms with van der Waals surface area (Å²) >= 11 is 0. The Morgan fingerprint density at radius 1 is 1.61 bits per heavy atom. The molecule has 4 nitrogen and oxygen atoms in total. The van der Waals surface area contributed by atoms with Crippen LogP contribution >= 0.6 is 0 Å². The molecule has 0 radical (unpaired) electrons. The van der Waals surface area contributed by atoms with E-state index in [4.69, 9.17) is 5.11 Å². The van der Waals surface area contributed by atoms with E-state index in [0.29, 0.717) is 11.1 Å². The number of benzene rings is 1. The van der Waals surface area contributed by atoms with Crippen LogP contribution < -0.4 is 5.32 Å². The first-order valence-electron chi connectivity index (χ1n) is 5.32. The van der Waals surface area contributed by atoms with Crippen LogP contribution in [-0.4, -0.2) is 24.4 Å². The minimum absolute atomic E-state index is 0.0166. The van der Waals surface area contributed by atoms with Gasteiger partial charge in [-0.15, -0.1) is 0 Å². The van der Waals surface area contributed by atoms with Crippen LogP contribution in [0.5, 0.6) is 0 Å². The van der Waals surface area contributed by atoms with Crippen molar-refractivity contribution in [3.05, 3.63) is 35.1 Å². The van der Waals surface area contributed by atoms with Gasteiger partial charge in [0.25, 0.3) is 0 Å². The van der Waals surface area contributed by atoms with Crippen LogP contribution in [-0.2, 0) is 11.3 Å². The number of ether oxygens (including phenoxy) is 1. The molecule has 5 heteroatoms. The second kappa shape index (κ2) is 6.62. The number of alkyl carbamates (subject to hydrolysis) is 1. The lowest BCUT2D eigenvalue weighted by Crippen LogP contribution is -2.22. The molecular formula is C13H14FNO3. The smallest absolute Gasteiger partial charge is 0.407 e. The van der Waals surface area contributed by atoms with Crippen LogP contribution in [0.2, 0.25) is 0 Å². The van der Waals surface area contributed by atoms with E-state index in [1.165, 1.54) is 32.2 Å². The van der Waals surface area contributed by atoms with Gasteiger partial charge >= 0.3 is 6.09 Å². The van der Waals surface area contributed by atoms with Crippen molar-refractivity contribution in [1.29, 1.82) is 0 Å². The maximum absolute atomic E-state index is 13.4. The lowest BCUT2D eigenvalue weighted by molar-refractivity contribution is 0.170. The molecule has 1 atom stereocenters. The number of nitrogens with one attached hydrogen (secondary N) is 1. The van der Waals surface area contributed by atoms with E-state index in [-0.39, 0.29) is 6.54 Å². The van der Waals surface area contributed by atoms with Gasteiger partial charge in [0.2, 0.25) is 0 Å². The minimum Gasteiger partial charge on any atom is -0.453 e. The molecule has 0 fully saturated rings. The third-order valence-electron chi connectivity index (χ3n) is 2.08. The van der Waals surface area contributed by atoms with E-state index >= 15 is 0 Å². The first kappa shape index (κ1) is 14.0. The second-order valence-corrected chi connectivity index (χ2v) is 3.60. The highest BCUT2D eigenvalue weighted by molar-refractivity contribution is 5.66. The topological polar surface area (TPSA) is 58.6 Å². The normalized spacial score (nSPS) is 11.1. The molecule has 0 aliphatic heterocycles. The van der Waals surface area contributed by atoms with E-state index < -0.39 is 18.0 Å². The third-order valence-corrected chi connectivity index (χ3v) is 2.08. The van der Waals surface area contributed by atoms with Crippen molar-refractivity contribution < 1.29 is 19.0 Å². The maximum Gasteiger partial charge on any atom is 0.407 e. The molecule has 0 aromatic heterocycles. The molecule has 1 amide bonds. The number of rotatable bonds is 2. The first-order chi connectivity index (χ1) is 8.52. The molecule has 0 heterocycles. The summed E-state index contributed by atoms with van der Waals surface area (Å²) in [5.41, 5.74) is 0.872. The van der Waals surface area contributed by atoms with Gasteiger partial charge in [-0.25, -0.2) is 9.18 Å². The van der Waals surface area contributed by atoms with Crippen molar-refractivity contribution in [1.82, 2.24) is 5.32 Å². The number of carbonyl (C=O) groups excluding carboxylic acids is 1. The van der Waals surface area contributed by atoms with Gasteiger partial charge < -0.3 is 15.2 Å². The Morgan fingerprint density at radius 2 is 2.33 bits per heavy atom. The number of carbonyl (C=O) groups is 1. The van der Waals surface area contributed by atoms with Gasteiger partial charge in [-0.3, -0.25) is 0 Å². The molecule has 0 aliphatic rings. The van der Waals surface area contributed by atoms with Crippen molar-refractivity contribution in [2.45, 2.75) is 19.6 Å². The fourth-order valence-electron chi connectivity index (χ4n) is 1.22. The van der Waals surface area contributed by atoms with Gasteiger partial charge in [-0.1, -0.05) is 11.8 Å². The molecule has 96 valence electrons. The summed E-state index contributed by atoms with van der Waals surface area (Å²) in [5, 5.41) is 11.4. The van der Waals surface area contributed by atoms with Crippen molar-refractivity contribution >= 4 is 6.09 Å². The second-order valence-electron chi connectivity index (χ2n) is 3.60.